The monoisotopic (exact) mass is 386 g/mol. The third kappa shape index (κ3) is 11.2. The SMILES string of the molecule is C=C(C)C(=O)OCC[P+]([O-])=C(C[N+](C)(C)C)OC(=O)C(C)=CCCCC. The van der Waals surface area contributed by atoms with Gasteiger partial charge in [-0.1, -0.05) is 32.4 Å². The van der Waals surface area contributed by atoms with Crippen LogP contribution in [0.2, 0.25) is 0 Å². The Kier molecular flexibility index (Phi) is 11.3. The predicted octanol–water partition coefficient (Wildman–Crippen LogP) is 2.38. The minimum absolute atomic E-state index is 0.00951. The summed E-state index contributed by atoms with van der Waals surface area (Å²) in [4.78, 5) is 36.2. The van der Waals surface area contributed by atoms with Crippen molar-refractivity contribution in [3.05, 3.63) is 23.8 Å². The van der Waals surface area contributed by atoms with E-state index in [0.29, 0.717) is 16.6 Å². The molecule has 0 bridgehead atoms. The van der Waals surface area contributed by atoms with E-state index in [2.05, 4.69) is 13.5 Å². The molecule has 0 aliphatic heterocycles. The van der Waals surface area contributed by atoms with Gasteiger partial charge in [-0.05, 0) is 20.3 Å². The smallest absolute Gasteiger partial charge is 0.341 e. The van der Waals surface area contributed by atoms with E-state index in [-0.39, 0.29) is 23.8 Å². The molecule has 0 N–H and O–H groups in total. The Balaban J connectivity index is 5.08. The Bertz CT molecular complexity index is 573. The summed E-state index contributed by atoms with van der Waals surface area (Å²) in [7, 11) is 3.80. The highest BCUT2D eigenvalue weighted by atomic mass is 31.1. The first-order chi connectivity index (χ1) is 12.0. The zero-order valence-corrected chi connectivity index (χ0v) is 17.9. The quantitative estimate of drug-likeness (QED) is 0.179. The number of esters is 2. The van der Waals surface area contributed by atoms with Crippen molar-refractivity contribution in [1.82, 2.24) is 0 Å². The van der Waals surface area contributed by atoms with Crippen molar-refractivity contribution in [3.63, 3.8) is 0 Å². The van der Waals surface area contributed by atoms with Crippen LogP contribution in [0, 0.1) is 0 Å². The van der Waals surface area contributed by atoms with Gasteiger partial charge in [0.15, 0.2) is 6.54 Å². The van der Waals surface area contributed by atoms with Gasteiger partial charge in [0.1, 0.15) is 20.5 Å². The molecule has 0 aromatic carbocycles. The van der Waals surface area contributed by atoms with Gasteiger partial charge in [0, 0.05) is 11.1 Å². The molecule has 7 heteroatoms. The second-order valence-corrected chi connectivity index (χ2v) is 8.98. The lowest BCUT2D eigenvalue weighted by Crippen LogP contribution is -2.41. The topological polar surface area (TPSA) is 75.7 Å². The first kappa shape index (κ1) is 24.5. The van der Waals surface area contributed by atoms with Gasteiger partial charge in [-0.25, -0.2) is 9.59 Å². The number of nitrogens with zero attached hydrogens (tertiary/aromatic N) is 1. The molecule has 0 saturated carbocycles. The van der Waals surface area contributed by atoms with E-state index in [4.69, 9.17) is 9.47 Å². The van der Waals surface area contributed by atoms with Gasteiger partial charge in [0.05, 0.1) is 21.1 Å². The van der Waals surface area contributed by atoms with E-state index in [1.54, 1.807) is 13.8 Å². The molecule has 0 fully saturated rings. The molecule has 1 atom stereocenters. The Labute approximate surface area is 158 Å². The maximum atomic E-state index is 12.6. The summed E-state index contributed by atoms with van der Waals surface area (Å²) in [5.74, 6) is -1.000. The van der Waals surface area contributed by atoms with Crippen molar-refractivity contribution >= 4 is 25.2 Å². The van der Waals surface area contributed by atoms with E-state index in [1.165, 1.54) is 0 Å². The molecule has 6 nitrogen and oxygen atoms in total. The number of likely N-dealkylation sites (N-methyl/N-ethyl adjacent to an activating group) is 1. The first-order valence-corrected chi connectivity index (χ1v) is 10.2. The van der Waals surface area contributed by atoms with Gasteiger partial charge in [-0.15, -0.1) is 0 Å². The lowest BCUT2D eigenvalue weighted by atomic mass is 10.2. The summed E-state index contributed by atoms with van der Waals surface area (Å²) in [5, 5.41) is 0. The third-order valence-electron chi connectivity index (χ3n) is 3.30. The fourth-order valence-corrected chi connectivity index (χ4v) is 3.10. The van der Waals surface area contributed by atoms with E-state index < -0.39 is 19.7 Å². The largest absolute Gasteiger partial charge is 0.628 e. The van der Waals surface area contributed by atoms with Crippen LogP contribution in [-0.2, 0) is 19.1 Å². The summed E-state index contributed by atoms with van der Waals surface area (Å²) in [5.41, 5.74) is 1.02. The van der Waals surface area contributed by atoms with Gasteiger partial charge in [-0.2, -0.15) is 0 Å². The standard InChI is InChI=1S/C19H33NO5P/c1-8-9-10-11-16(4)19(22)25-17(14-20(5,6)7)26(23)13-12-24-18(21)15(2)3/h11H,2,8-10,12-14H2,1,3-7H3/q+1. The minimum Gasteiger partial charge on any atom is -0.628 e. The summed E-state index contributed by atoms with van der Waals surface area (Å²) >= 11 is 0. The number of unbranched alkanes of at least 4 members (excludes halogenated alkanes) is 2. The van der Waals surface area contributed by atoms with Crippen molar-refractivity contribution in [2.45, 2.75) is 40.0 Å². The molecule has 0 saturated heterocycles. The van der Waals surface area contributed by atoms with Gasteiger partial charge < -0.3 is 18.9 Å². The van der Waals surface area contributed by atoms with Crippen LogP contribution in [0.5, 0.6) is 0 Å². The molecular formula is C19H33NO5P+. The van der Waals surface area contributed by atoms with Gasteiger partial charge in [0.25, 0.3) is 0 Å². The molecule has 0 radical (unpaired) electrons. The summed E-state index contributed by atoms with van der Waals surface area (Å²) < 4.78 is 10.9. The Morgan fingerprint density at radius 2 is 1.81 bits per heavy atom. The van der Waals surface area contributed by atoms with Crippen LogP contribution in [0.4, 0.5) is 0 Å². The Morgan fingerprint density at radius 1 is 1.19 bits per heavy atom. The maximum Gasteiger partial charge on any atom is 0.341 e. The molecule has 0 aromatic rings. The second kappa shape index (κ2) is 12.0. The molecule has 0 aromatic heterocycles. The van der Waals surface area contributed by atoms with E-state index >= 15 is 0 Å². The number of quaternary nitrogens is 1. The average Bonchev–Trinajstić information content (AvgIpc) is 2.52. The molecule has 0 aliphatic rings. The highest BCUT2D eigenvalue weighted by Gasteiger charge is 2.25. The van der Waals surface area contributed by atoms with E-state index in [9.17, 15) is 14.5 Å². The minimum atomic E-state index is -1.96. The third-order valence-corrected chi connectivity index (χ3v) is 4.68. The number of rotatable bonds is 11. The zero-order chi connectivity index (χ0) is 20.3. The van der Waals surface area contributed by atoms with Crippen molar-refractivity contribution in [2.24, 2.45) is 0 Å². The van der Waals surface area contributed by atoms with Crippen molar-refractivity contribution in [3.8, 4) is 0 Å². The van der Waals surface area contributed by atoms with Crippen molar-refractivity contribution in [1.29, 1.82) is 0 Å². The van der Waals surface area contributed by atoms with E-state index in [0.717, 1.165) is 19.3 Å². The molecule has 0 amide bonds. The fourth-order valence-electron chi connectivity index (χ4n) is 1.83. The number of carbonyl (C=O) groups is 2. The van der Waals surface area contributed by atoms with Crippen LogP contribution in [0.25, 0.3) is 0 Å². The van der Waals surface area contributed by atoms with Crippen molar-refractivity contribution in [2.75, 3.05) is 40.5 Å². The molecule has 148 valence electrons. The van der Waals surface area contributed by atoms with Crippen LogP contribution in [-0.4, -0.2) is 62.4 Å². The summed E-state index contributed by atoms with van der Waals surface area (Å²) in [6.45, 7) is 9.15. The van der Waals surface area contributed by atoms with Crippen LogP contribution >= 0.6 is 7.77 Å². The second-order valence-electron chi connectivity index (χ2n) is 7.28. The normalized spacial score (nSPS) is 13.1. The zero-order valence-electron chi connectivity index (χ0n) is 17.0. The summed E-state index contributed by atoms with van der Waals surface area (Å²) in [6.07, 6.45) is 4.81. The molecular weight excluding hydrogens is 353 g/mol. The van der Waals surface area contributed by atoms with Crippen LogP contribution in [0.15, 0.2) is 23.8 Å². The molecule has 0 spiro atoms. The number of allylic oxidation sites excluding steroid dienone is 1. The number of hydrogen-bond donors (Lipinski definition) is 0. The molecule has 26 heavy (non-hydrogen) atoms. The number of ether oxygens (including phenoxy) is 2. The predicted molar refractivity (Wildman–Crippen MR) is 105 cm³/mol. The molecule has 0 aliphatic carbocycles. The van der Waals surface area contributed by atoms with Crippen LogP contribution < -0.4 is 4.89 Å². The lowest BCUT2D eigenvalue weighted by molar-refractivity contribution is -0.861. The van der Waals surface area contributed by atoms with Gasteiger partial charge in [0.2, 0.25) is 0 Å². The van der Waals surface area contributed by atoms with Gasteiger partial charge in [-0.3, -0.25) is 0 Å². The van der Waals surface area contributed by atoms with Crippen LogP contribution in [0.1, 0.15) is 40.0 Å². The maximum absolute atomic E-state index is 12.6. The van der Waals surface area contributed by atoms with Gasteiger partial charge >= 0.3 is 17.4 Å². The lowest BCUT2D eigenvalue weighted by Gasteiger charge is -2.23. The first-order valence-electron chi connectivity index (χ1n) is 8.80. The Morgan fingerprint density at radius 3 is 2.31 bits per heavy atom. The van der Waals surface area contributed by atoms with Crippen molar-refractivity contribution < 1.29 is 28.4 Å². The summed E-state index contributed by atoms with van der Waals surface area (Å²) in [6, 6.07) is 0. The average molecular weight is 386 g/mol. The highest BCUT2D eigenvalue weighted by Crippen LogP contribution is 2.18. The molecule has 1 unspecified atom stereocenters. The Hall–Kier alpha value is -1.49. The number of hydrogen-bond acceptors (Lipinski definition) is 5. The fraction of sp³-hybridized carbons (Fsp3) is 0.632. The number of carbonyl (C=O) groups excluding carboxylic acids is 2. The van der Waals surface area contributed by atoms with Crippen LogP contribution in [0.3, 0.4) is 0 Å². The molecule has 0 heterocycles. The van der Waals surface area contributed by atoms with E-state index in [1.807, 2.05) is 27.2 Å². The highest BCUT2D eigenvalue weighted by molar-refractivity contribution is 7.51. The molecule has 0 rings (SSSR count).